The Labute approximate surface area is 158 Å². The van der Waals surface area contributed by atoms with Crippen LogP contribution < -0.4 is 0 Å². The third kappa shape index (κ3) is 3.58. The van der Waals surface area contributed by atoms with Gasteiger partial charge in [-0.2, -0.15) is 0 Å². The molecule has 2 heterocycles. The molecule has 1 aliphatic carbocycles. The smallest absolute Gasteiger partial charge is 0.341 e. The Kier molecular flexibility index (Phi) is 5.03. The minimum atomic E-state index is -1.22. The maximum Gasteiger partial charge on any atom is 0.341 e. The van der Waals surface area contributed by atoms with Gasteiger partial charge >= 0.3 is 11.9 Å². The maximum absolute atomic E-state index is 12.5. The zero-order valence-electron chi connectivity index (χ0n) is 16.1. The molecule has 2 saturated heterocycles. The van der Waals surface area contributed by atoms with Crippen molar-refractivity contribution >= 4 is 17.7 Å². The molecule has 7 heteroatoms. The quantitative estimate of drug-likeness (QED) is 0.441. The minimum absolute atomic E-state index is 0.109. The van der Waals surface area contributed by atoms with Crippen LogP contribution in [-0.4, -0.2) is 52.8 Å². The molecule has 0 saturated carbocycles. The van der Waals surface area contributed by atoms with E-state index in [0.717, 1.165) is 5.57 Å². The van der Waals surface area contributed by atoms with Crippen LogP contribution in [0, 0.1) is 11.8 Å². The Morgan fingerprint density at radius 2 is 1.96 bits per heavy atom. The standard InChI is InChI=1S/C20H26O7/c1-9-6-13(21)8-10(2)17(26-19(24)20(5)12(4)27-20)16(22)15-11(3)18(23)25-14(15)7-9/h6,10,12,14-17,22H,3,7-8H2,1-2,4-5H3/b9-6-/t10-,12+,14-,15-,16-,17+,20-/m0/s1. The normalized spacial score (nSPS) is 44.0. The summed E-state index contributed by atoms with van der Waals surface area (Å²) in [4.78, 5) is 36.9. The SMILES string of the molecule is C=C1C(=O)O[C@H]2C/C(C)=C\C(=O)C[C@H](C)[C@@H](OC(=O)[C@@]3(C)O[C@@H]3C)[C@@H](O)[C@@H]12. The Balaban J connectivity index is 1.92. The van der Waals surface area contributed by atoms with Crippen LogP contribution >= 0.6 is 0 Å². The van der Waals surface area contributed by atoms with Gasteiger partial charge in [0.15, 0.2) is 11.4 Å². The molecular weight excluding hydrogens is 352 g/mol. The summed E-state index contributed by atoms with van der Waals surface area (Å²) in [5.41, 5.74) is -0.129. The third-order valence-electron chi connectivity index (χ3n) is 5.83. The highest BCUT2D eigenvalue weighted by molar-refractivity contribution is 5.92. The molecule has 3 aliphatic rings. The molecule has 148 valence electrons. The van der Waals surface area contributed by atoms with Crippen LogP contribution in [0.25, 0.3) is 0 Å². The predicted molar refractivity (Wildman–Crippen MR) is 94.5 cm³/mol. The summed E-state index contributed by atoms with van der Waals surface area (Å²) in [6.07, 6.45) is -1.19. The molecule has 2 aliphatic heterocycles. The van der Waals surface area contributed by atoms with E-state index in [1.165, 1.54) is 6.08 Å². The van der Waals surface area contributed by atoms with Gasteiger partial charge < -0.3 is 19.3 Å². The summed E-state index contributed by atoms with van der Waals surface area (Å²) in [6, 6.07) is 0. The Bertz CT molecular complexity index is 724. The van der Waals surface area contributed by atoms with Gasteiger partial charge in [0.25, 0.3) is 0 Å². The van der Waals surface area contributed by atoms with Gasteiger partial charge in [-0.1, -0.05) is 19.1 Å². The molecule has 0 aromatic heterocycles. The van der Waals surface area contributed by atoms with E-state index >= 15 is 0 Å². The number of fused-ring (bicyclic) bond motifs is 1. The molecule has 27 heavy (non-hydrogen) atoms. The number of aliphatic hydroxyl groups excluding tert-OH is 1. The van der Waals surface area contributed by atoms with Gasteiger partial charge in [0, 0.05) is 24.3 Å². The third-order valence-corrected chi connectivity index (χ3v) is 5.83. The van der Waals surface area contributed by atoms with Crippen LogP contribution in [0.5, 0.6) is 0 Å². The van der Waals surface area contributed by atoms with Crippen molar-refractivity contribution in [1.82, 2.24) is 0 Å². The molecule has 2 fully saturated rings. The van der Waals surface area contributed by atoms with Crippen LogP contribution in [0.2, 0.25) is 0 Å². The molecule has 0 amide bonds. The van der Waals surface area contributed by atoms with E-state index < -0.39 is 47.7 Å². The van der Waals surface area contributed by atoms with Gasteiger partial charge in [-0.15, -0.1) is 0 Å². The Hall–Kier alpha value is -1.99. The van der Waals surface area contributed by atoms with Gasteiger partial charge in [0.1, 0.15) is 18.3 Å². The van der Waals surface area contributed by atoms with Crippen molar-refractivity contribution in [3.05, 3.63) is 23.8 Å². The van der Waals surface area contributed by atoms with Crippen LogP contribution in [-0.2, 0) is 28.6 Å². The summed E-state index contributed by atoms with van der Waals surface area (Å²) < 4.78 is 16.3. The fourth-order valence-corrected chi connectivity index (χ4v) is 3.90. The van der Waals surface area contributed by atoms with Gasteiger partial charge in [0.2, 0.25) is 0 Å². The summed E-state index contributed by atoms with van der Waals surface area (Å²) in [5, 5.41) is 11.1. The highest BCUT2D eigenvalue weighted by Gasteiger charge is 2.58. The molecule has 7 nitrogen and oxygen atoms in total. The van der Waals surface area contributed by atoms with Crippen LogP contribution in [0.4, 0.5) is 0 Å². The maximum atomic E-state index is 12.5. The van der Waals surface area contributed by atoms with E-state index in [2.05, 4.69) is 6.58 Å². The number of rotatable bonds is 2. The van der Waals surface area contributed by atoms with Gasteiger partial charge in [-0.25, -0.2) is 9.59 Å². The number of ether oxygens (including phenoxy) is 3. The molecule has 1 N–H and O–H groups in total. The number of epoxide rings is 1. The van der Waals surface area contributed by atoms with Crippen LogP contribution in [0.15, 0.2) is 23.8 Å². The number of carbonyl (C=O) groups excluding carboxylic acids is 3. The number of allylic oxidation sites excluding steroid dienone is 1. The molecule has 3 rings (SSSR count). The summed E-state index contributed by atoms with van der Waals surface area (Å²) >= 11 is 0. The zero-order chi connectivity index (χ0) is 20.1. The average Bonchev–Trinajstić information content (AvgIpc) is 3.08. The Morgan fingerprint density at radius 1 is 1.33 bits per heavy atom. The summed E-state index contributed by atoms with van der Waals surface area (Å²) in [6.45, 7) is 10.7. The average molecular weight is 378 g/mol. The number of hydrogen-bond acceptors (Lipinski definition) is 7. The first-order valence-corrected chi connectivity index (χ1v) is 9.21. The zero-order valence-corrected chi connectivity index (χ0v) is 16.1. The molecule has 0 aromatic rings. The second-order valence-electron chi connectivity index (χ2n) is 8.06. The van der Waals surface area contributed by atoms with Crippen LogP contribution in [0.1, 0.15) is 40.5 Å². The van der Waals surface area contributed by atoms with Crippen molar-refractivity contribution in [2.24, 2.45) is 11.8 Å². The second-order valence-corrected chi connectivity index (χ2v) is 8.06. The number of aliphatic hydroxyl groups is 1. The topological polar surface area (TPSA) is 102 Å². The lowest BCUT2D eigenvalue weighted by molar-refractivity contribution is -0.169. The van der Waals surface area contributed by atoms with E-state index in [9.17, 15) is 19.5 Å². The van der Waals surface area contributed by atoms with E-state index in [-0.39, 0.29) is 23.9 Å². The number of esters is 2. The molecule has 0 aromatic carbocycles. The molecule has 0 spiro atoms. The first kappa shape index (κ1) is 19.8. The van der Waals surface area contributed by atoms with Crippen molar-refractivity contribution in [2.45, 2.75) is 70.6 Å². The molecule has 0 bridgehead atoms. The number of ketones is 1. The van der Waals surface area contributed by atoms with E-state index in [1.54, 1.807) is 27.7 Å². The monoisotopic (exact) mass is 378 g/mol. The molecule has 0 unspecified atom stereocenters. The van der Waals surface area contributed by atoms with E-state index in [4.69, 9.17) is 14.2 Å². The van der Waals surface area contributed by atoms with Crippen molar-refractivity contribution in [3.63, 3.8) is 0 Å². The van der Waals surface area contributed by atoms with E-state index in [1.807, 2.05) is 0 Å². The van der Waals surface area contributed by atoms with Gasteiger partial charge in [-0.05, 0) is 26.8 Å². The Morgan fingerprint density at radius 3 is 2.56 bits per heavy atom. The molecule has 0 radical (unpaired) electrons. The second kappa shape index (κ2) is 6.87. The van der Waals surface area contributed by atoms with Crippen molar-refractivity contribution < 1.29 is 33.7 Å². The molecule has 7 atom stereocenters. The highest BCUT2D eigenvalue weighted by Crippen LogP contribution is 2.40. The first-order chi connectivity index (χ1) is 12.5. The first-order valence-electron chi connectivity index (χ1n) is 9.21. The fourth-order valence-electron chi connectivity index (χ4n) is 3.90. The van der Waals surface area contributed by atoms with Crippen molar-refractivity contribution in [1.29, 1.82) is 0 Å². The largest absolute Gasteiger partial charge is 0.458 e. The molecular formula is C20H26O7. The fraction of sp³-hybridized carbons (Fsp3) is 0.650. The highest BCUT2D eigenvalue weighted by atomic mass is 16.7. The lowest BCUT2D eigenvalue weighted by atomic mass is 9.80. The minimum Gasteiger partial charge on any atom is -0.458 e. The number of carbonyl (C=O) groups is 3. The van der Waals surface area contributed by atoms with Gasteiger partial charge in [-0.3, -0.25) is 4.79 Å². The van der Waals surface area contributed by atoms with Gasteiger partial charge in [0.05, 0.1) is 12.0 Å². The number of hydrogen-bond donors (Lipinski definition) is 1. The van der Waals surface area contributed by atoms with Crippen LogP contribution in [0.3, 0.4) is 0 Å². The van der Waals surface area contributed by atoms with Crippen molar-refractivity contribution in [2.75, 3.05) is 0 Å². The lowest BCUT2D eigenvalue weighted by Crippen LogP contribution is -2.47. The lowest BCUT2D eigenvalue weighted by Gasteiger charge is -2.34. The summed E-state index contributed by atoms with van der Waals surface area (Å²) in [5.74, 6) is -2.46. The predicted octanol–water partition coefficient (Wildman–Crippen LogP) is 1.48. The van der Waals surface area contributed by atoms with E-state index in [0.29, 0.717) is 6.42 Å². The summed E-state index contributed by atoms with van der Waals surface area (Å²) in [7, 11) is 0. The van der Waals surface area contributed by atoms with Crippen molar-refractivity contribution in [3.8, 4) is 0 Å².